The van der Waals surface area contributed by atoms with Crippen LogP contribution in [0.15, 0.2) is 45.6 Å². The van der Waals surface area contributed by atoms with Crippen LogP contribution in [0.5, 0.6) is 11.5 Å². The van der Waals surface area contributed by atoms with Crippen molar-refractivity contribution in [1.82, 2.24) is 0 Å². The molecule has 3 aromatic rings. The van der Waals surface area contributed by atoms with E-state index in [1.165, 1.54) is 0 Å². The first-order valence-corrected chi connectivity index (χ1v) is 9.03. The molecule has 1 aliphatic carbocycles. The number of methoxy groups -OCH3 is 1. The second-order valence-corrected chi connectivity index (χ2v) is 6.83. The Kier molecular flexibility index (Phi) is 4.62. The zero-order valence-corrected chi connectivity index (χ0v) is 15.5. The second-order valence-electron chi connectivity index (χ2n) is 6.42. The van der Waals surface area contributed by atoms with Crippen LogP contribution in [-0.4, -0.2) is 19.5 Å². The third-order valence-corrected chi connectivity index (χ3v) is 5.07. The molecule has 0 bridgehead atoms. The fourth-order valence-corrected chi connectivity index (χ4v) is 3.63. The van der Waals surface area contributed by atoms with E-state index in [4.69, 9.17) is 25.5 Å². The Bertz CT molecular complexity index is 1100. The van der Waals surface area contributed by atoms with Crippen molar-refractivity contribution in [2.75, 3.05) is 13.7 Å². The molecule has 1 aromatic heterocycles. The summed E-state index contributed by atoms with van der Waals surface area (Å²) >= 11 is 6.35. The quantitative estimate of drug-likeness (QED) is 0.487. The van der Waals surface area contributed by atoms with E-state index in [1.54, 1.807) is 43.5 Å². The van der Waals surface area contributed by atoms with Crippen molar-refractivity contribution in [1.29, 1.82) is 0 Å². The van der Waals surface area contributed by atoms with Crippen LogP contribution in [0.2, 0.25) is 5.02 Å². The van der Waals surface area contributed by atoms with Gasteiger partial charge in [-0.3, -0.25) is 4.79 Å². The lowest BCUT2D eigenvalue weighted by Gasteiger charge is -2.10. The molecule has 0 spiro atoms. The second kappa shape index (κ2) is 7.08. The Hall–Kier alpha value is -2.79. The van der Waals surface area contributed by atoms with E-state index in [0.29, 0.717) is 27.7 Å². The van der Waals surface area contributed by atoms with Crippen molar-refractivity contribution < 1.29 is 18.7 Å². The van der Waals surface area contributed by atoms with Gasteiger partial charge in [0, 0.05) is 22.6 Å². The minimum absolute atomic E-state index is 0.187. The van der Waals surface area contributed by atoms with Gasteiger partial charge in [-0.15, -0.1) is 0 Å². The van der Waals surface area contributed by atoms with E-state index < -0.39 is 0 Å². The normalized spacial score (nSPS) is 12.8. The molecule has 0 amide bonds. The summed E-state index contributed by atoms with van der Waals surface area (Å²) in [6.07, 6.45) is 2.50. The minimum atomic E-state index is -0.310. The number of ketones is 1. The average Bonchev–Trinajstić information content (AvgIpc) is 3.18. The first-order chi connectivity index (χ1) is 13.1. The number of hydrogen-bond donors (Lipinski definition) is 0. The minimum Gasteiger partial charge on any atom is -0.497 e. The average molecular weight is 385 g/mol. The molecule has 0 saturated carbocycles. The first kappa shape index (κ1) is 17.6. The zero-order valence-electron chi connectivity index (χ0n) is 14.7. The van der Waals surface area contributed by atoms with Crippen LogP contribution in [-0.2, 0) is 12.8 Å². The summed E-state index contributed by atoms with van der Waals surface area (Å²) in [5.74, 6) is 0.696. The summed E-state index contributed by atoms with van der Waals surface area (Å²) in [5.41, 5.74) is 2.34. The van der Waals surface area contributed by atoms with Gasteiger partial charge in [-0.05, 0) is 43.0 Å². The highest BCUT2D eigenvalue weighted by Gasteiger charge is 2.21. The van der Waals surface area contributed by atoms with E-state index >= 15 is 0 Å². The predicted octanol–water partition coefficient (Wildman–Crippen LogP) is 4.21. The number of ether oxygens (including phenoxy) is 2. The molecule has 1 aliphatic rings. The van der Waals surface area contributed by atoms with Crippen LogP contribution < -0.4 is 15.1 Å². The summed E-state index contributed by atoms with van der Waals surface area (Å²) in [4.78, 5) is 24.5. The zero-order chi connectivity index (χ0) is 19.0. The smallest absolute Gasteiger partial charge is 0.339 e. The molecule has 5 nitrogen and oxygen atoms in total. The van der Waals surface area contributed by atoms with E-state index in [9.17, 15) is 9.59 Å². The van der Waals surface area contributed by atoms with Gasteiger partial charge in [0.25, 0.3) is 0 Å². The van der Waals surface area contributed by atoms with Crippen LogP contribution in [0.3, 0.4) is 0 Å². The fourth-order valence-electron chi connectivity index (χ4n) is 3.42. The number of aryl methyl sites for hydroxylation is 1. The van der Waals surface area contributed by atoms with Gasteiger partial charge in [0.15, 0.2) is 12.4 Å². The van der Waals surface area contributed by atoms with Gasteiger partial charge >= 0.3 is 5.63 Å². The summed E-state index contributed by atoms with van der Waals surface area (Å²) in [5, 5.41) is 1.21. The molecular formula is C21H17ClO5. The number of carbonyl (C=O) groups excluding carboxylic acids is 1. The predicted molar refractivity (Wildman–Crippen MR) is 102 cm³/mol. The summed E-state index contributed by atoms with van der Waals surface area (Å²) in [6, 6.07) is 10.2. The van der Waals surface area contributed by atoms with Crippen molar-refractivity contribution >= 4 is 28.4 Å². The number of carbonyl (C=O) groups is 1. The molecular weight excluding hydrogens is 368 g/mol. The standard InChI is InChI=1S/C21H17ClO5/c1-25-13-5-2-4-12(8-13)18(23)11-26-20-10-19-16(9-17(20)22)14-6-3-7-15(14)21(24)27-19/h2,4-5,8-10H,3,6-7,11H2,1H3. The molecule has 138 valence electrons. The van der Waals surface area contributed by atoms with Crippen LogP contribution in [0, 0.1) is 0 Å². The molecule has 1 heterocycles. The van der Waals surface area contributed by atoms with Gasteiger partial charge in [0.05, 0.1) is 12.1 Å². The molecule has 0 atom stereocenters. The SMILES string of the molecule is COc1cccc(C(=O)COc2cc3oc(=O)c4c(c3cc2Cl)CCC4)c1. The van der Waals surface area contributed by atoms with Crippen LogP contribution >= 0.6 is 11.6 Å². The van der Waals surface area contributed by atoms with Gasteiger partial charge in [-0.25, -0.2) is 4.79 Å². The maximum Gasteiger partial charge on any atom is 0.339 e. The third-order valence-electron chi connectivity index (χ3n) is 4.78. The highest BCUT2D eigenvalue weighted by atomic mass is 35.5. The van der Waals surface area contributed by atoms with Crippen LogP contribution in [0.25, 0.3) is 11.0 Å². The van der Waals surface area contributed by atoms with Gasteiger partial charge < -0.3 is 13.9 Å². The molecule has 0 fully saturated rings. The van der Waals surface area contributed by atoms with Crippen molar-refractivity contribution in [2.45, 2.75) is 19.3 Å². The van der Waals surface area contributed by atoms with Crippen molar-refractivity contribution in [3.8, 4) is 11.5 Å². The first-order valence-electron chi connectivity index (χ1n) is 8.65. The summed E-state index contributed by atoms with van der Waals surface area (Å²) in [7, 11) is 1.54. The molecule has 0 unspecified atom stereocenters. The molecule has 27 heavy (non-hydrogen) atoms. The lowest BCUT2D eigenvalue weighted by Crippen LogP contribution is -2.12. The van der Waals surface area contributed by atoms with E-state index in [1.807, 2.05) is 0 Å². The molecule has 0 radical (unpaired) electrons. The largest absolute Gasteiger partial charge is 0.497 e. The Morgan fingerprint density at radius 2 is 2.00 bits per heavy atom. The van der Waals surface area contributed by atoms with Gasteiger partial charge in [0.2, 0.25) is 0 Å². The molecule has 2 aromatic carbocycles. The van der Waals surface area contributed by atoms with E-state index in [2.05, 4.69) is 0 Å². The molecule has 0 N–H and O–H groups in total. The number of fused-ring (bicyclic) bond motifs is 3. The van der Waals surface area contributed by atoms with E-state index in [-0.39, 0.29) is 18.0 Å². The fraction of sp³-hybridized carbons (Fsp3) is 0.238. The molecule has 4 rings (SSSR count). The van der Waals surface area contributed by atoms with Gasteiger partial charge in [-0.1, -0.05) is 23.7 Å². The Labute approximate surface area is 160 Å². The van der Waals surface area contributed by atoms with Crippen molar-refractivity contribution in [3.05, 3.63) is 68.5 Å². The number of benzene rings is 2. The van der Waals surface area contributed by atoms with E-state index in [0.717, 1.165) is 35.8 Å². The highest BCUT2D eigenvalue weighted by Crippen LogP contribution is 2.34. The van der Waals surface area contributed by atoms with Crippen molar-refractivity contribution in [3.63, 3.8) is 0 Å². The number of halogens is 1. The summed E-state index contributed by atoms with van der Waals surface area (Å²) < 4.78 is 16.2. The van der Waals surface area contributed by atoms with Gasteiger partial charge in [-0.2, -0.15) is 0 Å². The monoisotopic (exact) mass is 384 g/mol. The molecule has 6 heteroatoms. The highest BCUT2D eigenvalue weighted by molar-refractivity contribution is 6.32. The van der Waals surface area contributed by atoms with Crippen LogP contribution in [0.1, 0.15) is 27.9 Å². The molecule has 0 aliphatic heterocycles. The maximum absolute atomic E-state index is 12.4. The lowest BCUT2D eigenvalue weighted by atomic mass is 10.1. The number of rotatable bonds is 5. The topological polar surface area (TPSA) is 65.7 Å². The lowest BCUT2D eigenvalue weighted by molar-refractivity contribution is 0.0921. The van der Waals surface area contributed by atoms with Crippen LogP contribution in [0.4, 0.5) is 0 Å². The molecule has 0 saturated heterocycles. The third kappa shape index (κ3) is 3.30. The van der Waals surface area contributed by atoms with Gasteiger partial charge in [0.1, 0.15) is 17.1 Å². The Balaban J connectivity index is 1.60. The maximum atomic E-state index is 12.4. The number of Topliss-reactive ketones (excluding diaryl/α,β-unsaturated/α-hetero) is 1. The summed E-state index contributed by atoms with van der Waals surface area (Å²) in [6.45, 7) is -0.187. The Morgan fingerprint density at radius 1 is 1.19 bits per heavy atom. The van der Waals surface area contributed by atoms with Crippen molar-refractivity contribution in [2.24, 2.45) is 0 Å². The number of hydrogen-bond acceptors (Lipinski definition) is 5. The Morgan fingerprint density at radius 3 is 2.81 bits per heavy atom.